The van der Waals surface area contributed by atoms with Gasteiger partial charge in [0.15, 0.2) is 5.69 Å². The number of pyridine rings is 1. The Morgan fingerprint density at radius 3 is 3.04 bits per heavy atom. The number of nitrogens with zero attached hydrogens (tertiary/aromatic N) is 4. The van der Waals surface area contributed by atoms with Gasteiger partial charge in [0.25, 0.3) is 0 Å². The number of ether oxygens (including phenoxy) is 2. The molecule has 3 aromatic heterocycles. The summed E-state index contributed by atoms with van der Waals surface area (Å²) in [7, 11) is 0. The minimum Gasteiger partial charge on any atom is -0.461 e. The van der Waals surface area contributed by atoms with Crippen molar-refractivity contribution in [3.8, 4) is 11.1 Å². The van der Waals surface area contributed by atoms with Gasteiger partial charge >= 0.3 is 5.97 Å². The number of esters is 1. The van der Waals surface area contributed by atoms with E-state index in [0.717, 1.165) is 24.2 Å². The summed E-state index contributed by atoms with van der Waals surface area (Å²) in [6.07, 6.45) is 8.50. The average molecular weight is 326 g/mol. The summed E-state index contributed by atoms with van der Waals surface area (Å²) in [5.41, 5.74) is 3.06. The summed E-state index contributed by atoms with van der Waals surface area (Å²) in [6.45, 7) is 3.61. The van der Waals surface area contributed by atoms with E-state index in [1.807, 2.05) is 39.8 Å². The standard InChI is InChI=1S/C17H18N4O3/c1-2-24-17(22)15-10-20-8-12(3-4-16(20)19-15)13-7-18-21(9-13)14-5-6-23-11-14/h3-4,7-10,14H,2,5-6,11H2,1H3/t14-/m0/s1. The molecule has 4 rings (SSSR count). The number of carbonyl (C=O) groups excluding carboxylic acids is 1. The van der Waals surface area contributed by atoms with Crippen LogP contribution in [-0.2, 0) is 9.47 Å². The van der Waals surface area contributed by atoms with E-state index in [1.54, 1.807) is 13.1 Å². The molecule has 124 valence electrons. The minimum absolute atomic E-state index is 0.311. The third kappa shape index (κ3) is 2.67. The third-order valence-electron chi connectivity index (χ3n) is 4.15. The molecular weight excluding hydrogens is 308 g/mol. The van der Waals surface area contributed by atoms with Gasteiger partial charge in [0.2, 0.25) is 0 Å². The normalized spacial score (nSPS) is 17.5. The molecule has 0 aliphatic carbocycles. The van der Waals surface area contributed by atoms with Crippen molar-refractivity contribution in [1.29, 1.82) is 0 Å². The van der Waals surface area contributed by atoms with Gasteiger partial charge < -0.3 is 13.9 Å². The molecule has 0 spiro atoms. The van der Waals surface area contributed by atoms with Gasteiger partial charge in [-0.3, -0.25) is 4.68 Å². The van der Waals surface area contributed by atoms with Crippen LogP contribution in [0.15, 0.2) is 36.9 Å². The summed E-state index contributed by atoms with van der Waals surface area (Å²) in [5, 5.41) is 4.45. The Hall–Kier alpha value is -2.67. The lowest BCUT2D eigenvalue weighted by Gasteiger charge is -2.06. The molecule has 0 unspecified atom stereocenters. The number of hydrogen-bond acceptors (Lipinski definition) is 5. The largest absolute Gasteiger partial charge is 0.461 e. The summed E-state index contributed by atoms with van der Waals surface area (Å²) < 4.78 is 14.2. The highest BCUT2D eigenvalue weighted by Gasteiger charge is 2.18. The molecule has 0 saturated carbocycles. The van der Waals surface area contributed by atoms with Crippen LogP contribution in [0.5, 0.6) is 0 Å². The highest BCUT2D eigenvalue weighted by Crippen LogP contribution is 2.24. The zero-order valence-electron chi connectivity index (χ0n) is 13.4. The van der Waals surface area contributed by atoms with Crippen molar-refractivity contribution in [1.82, 2.24) is 19.2 Å². The number of hydrogen-bond donors (Lipinski definition) is 0. The van der Waals surface area contributed by atoms with Crippen molar-refractivity contribution >= 4 is 11.6 Å². The van der Waals surface area contributed by atoms with Crippen molar-refractivity contribution in [2.24, 2.45) is 0 Å². The Labute approximate surface area is 138 Å². The van der Waals surface area contributed by atoms with Gasteiger partial charge in [-0.15, -0.1) is 0 Å². The van der Waals surface area contributed by atoms with Crippen LogP contribution in [0, 0.1) is 0 Å². The molecule has 7 heteroatoms. The Morgan fingerprint density at radius 1 is 1.33 bits per heavy atom. The second-order valence-electron chi connectivity index (χ2n) is 5.76. The molecule has 1 atom stereocenters. The summed E-state index contributed by atoms with van der Waals surface area (Å²) in [5.74, 6) is -0.406. The highest BCUT2D eigenvalue weighted by molar-refractivity contribution is 5.88. The Morgan fingerprint density at radius 2 is 2.25 bits per heavy atom. The number of aromatic nitrogens is 4. The number of carbonyl (C=O) groups is 1. The average Bonchev–Trinajstić information content (AvgIpc) is 3.32. The van der Waals surface area contributed by atoms with Gasteiger partial charge in [-0.25, -0.2) is 9.78 Å². The molecule has 0 N–H and O–H groups in total. The minimum atomic E-state index is -0.406. The van der Waals surface area contributed by atoms with Crippen LogP contribution >= 0.6 is 0 Å². The molecular formula is C17H18N4O3. The van der Waals surface area contributed by atoms with Crippen molar-refractivity contribution in [2.75, 3.05) is 19.8 Å². The highest BCUT2D eigenvalue weighted by atomic mass is 16.5. The van der Waals surface area contributed by atoms with Crippen LogP contribution in [-0.4, -0.2) is 45.0 Å². The Kier molecular flexibility index (Phi) is 3.78. The van der Waals surface area contributed by atoms with Gasteiger partial charge in [-0.05, 0) is 25.5 Å². The number of rotatable bonds is 4. The quantitative estimate of drug-likeness (QED) is 0.688. The molecule has 7 nitrogen and oxygen atoms in total. The molecule has 0 radical (unpaired) electrons. The molecule has 1 aliphatic rings. The van der Waals surface area contributed by atoms with E-state index in [-0.39, 0.29) is 0 Å². The maximum absolute atomic E-state index is 11.8. The second-order valence-corrected chi connectivity index (χ2v) is 5.76. The van der Waals surface area contributed by atoms with Gasteiger partial charge in [-0.2, -0.15) is 5.10 Å². The van der Waals surface area contributed by atoms with Crippen LogP contribution in [0.1, 0.15) is 29.9 Å². The lowest BCUT2D eigenvalue weighted by molar-refractivity contribution is 0.0520. The maximum atomic E-state index is 11.8. The first-order valence-corrected chi connectivity index (χ1v) is 8.03. The predicted molar refractivity (Wildman–Crippen MR) is 86.8 cm³/mol. The Bertz CT molecular complexity index is 877. The van der Waals surface area contributed by atoms with Crippen LogP contribution in [0.3, 0.4) is 0 Å². The molecule has 4 heterocycles. The van der Waals surface area contributed by atoms with E-state index in [1.165, 1.54) is 0 Å². The van der Waals surface area contributed by atoms with E-state index in [9.17, 15) is 4.79 Å². The number of imidazole rings is 1. The first-order valence-electron chi connectivity index (χ1n) is 8.03. The van der Waals surface area contributed by atoms with Gasteiger partial charge in [0.05, 0.1) is 25.5 Å². The maximum Gasteiger partial charge on any atom is 0.358 e. The second kappa shape index (κ2) is 6.09. The van der Waals surface area contributed by atoms with E-state index in [4.69, 9.17) is 9.47 Å². The smallest absolute Gasteiger partial charge is 0.358 e. The third-order valence-corrected chi connectivity index (χ3v) is 4.15. The summed E-state index contributed by atoms with van der Waals surface area (Å²) >= 11 is 0. The molecule has 1 fully saturated rings. The molecule has 0 aromatic carbocycles. The summed E-state index contributed by atoms with van der Waals surface area (Å²) in [4.78, 5) is 16.1. The molecule has 24 heavy (non-hydrogen) atoms. The van der Waals surface area contributed by atoms with E-state index in [0.29, 0.717) is 30.6 Å². The fraction of sp³-hybridized carbons (Fsp3) is 0.353. The zero-order valence-corrected chi connectivity index (χ0v) is 13.4. The van der Waals surface area contributed by atoms with Crippen LogP contribution < -0.4 is 0 Å². The van der Waals surface area contributed by atoms with E-state index >= 15 is 0 Å². The molecule has 1 saturated heterocycles. The van der Waals surface area contributed by atoms with Crippen LogP contribution in [0.25, 0.3) is 16.8 Å². The lowest BCUT2D eigenvalue weighted by Crippen LogP contribution is -2.08. The SMILES string of the molecule is CCOC(=O)c1cn2cc(-c3cnn([C@H]4CCOC4)c3)ccc2n1. The molecule has 3 aromatic rings. The monoisotopic (exact) mass is 326 g/mol. The zero-order chi connectivity index (χ0) is 16.5. The molecule has 0 amide bonds. The Balaban J connectivity index is 1.63. The first-order chi connectivity index (χ1) is 11.7. The van der Waals surface area contributed by atoms with Gasteiger partial charge in [0.1, 0.15) is 5.65 Å². The van der Waals surface area contributed by atoms with E-state index < -0.39 is 5.97 Å². The fourth-order valence-electron chi connectivity index (χ4n) is 2.88. The van der Waals surface area contributed by atoms with E-state index in [2.05, 4.69) is 10.1 Å². The van der Waals surface area contributed by atoms with Crippen molar-refractivity contribution in [2.45, 2.75) is 19.4 Å². The van der Waals surface area contributed by atoms with Crippen molar-refractivity contribution in [3.63, 3.8) is 0 Å². The molecule has 1 aliphatic heterocycles. The molecule has 0 bridgehead atoms. The van der Waals surface area contributed by atoms with Gasteiger partial charge in [-0.1, -0.05) is 0 Å². The van der Waals surface area contributed by atoms with Gasteiger partial charge in [0, 0.05) is 36.3 Å². The lowest BCUT2D eigenvalue weighted by atomic mass is 10.1. The number of fused-ring (bicyclic) bond motifs is 1. The summed E-state index contributed by atoms with van der Waals surface area (Å²) in [6, 6.07) is 4.17. The predicted octanol–water partition coefficient (Wildman–Crippen LogP) is 2.34. The van der Waals surface area contributed by atoms with Crippen molar-refractivity contribution < 1.29 is 14.3 Å². The topological polar surface area (TPSA) is 70.7 Å². The van der Waals surface area contributed by atoms with Crippen LogP contribution in [0.4, 0.5) is 0 Å². The fourth-order valence-corrected chi connectivity index (χ4v) is 2.88. The van der Waals surface area contributed by atoms with Crippen LogP contribution in [0.2, 0.25) is 0 Å². The van der Waals surface area contributed by atoms with Crippen molar-refractivity contribution in [3.05, 3.63) is 42.6 Å². The first kappa shape index (κ1) is 14.9.